The molecule has 0 aliphatic carbocycles. The van der Waals surface area contributed by atoms with Crippen molar-refractivity contribution in [1.82, 2.24) is 4.90 Å². The molecule has 1 aromatic heterocycles. The van der Waals surface area contributed by atoms with Gasteiger partial charge >= 0.3 is 0 Å². The number of likely N-dealkylation sites (tertiary alicyclic amines) is 1. The second-order valence-electron chi connectivity index (χ2n) is 7.93. The number of phenolic OH excluding ortho intramolecular Hbond substituents is 1. The molecule has 4 rings (SSSR count). The lowest BCUT2D eigenvalue weighted by Gasteiger charge is -2.25. The quantitative estimate of drug-likeness (QED) is 0.287. The van der Waals surface area contributed by atoms with Gasteiger partial charge in [-0.25, -0.2) is 0 Å². The fourth-order valence-corrected chi connectivity index (χ4v) is 4.65. The number of benzene rings is 2. The first-order valence-electron chi connectivity index (χ1n) is 10.7. The number of carbonyl (C=O) groups is 2. The number of aryl methyl sites for hydroxylation is 1. The van der Waals surface area contributed by atoms with Gasteiger partial charge in [-0.1, -0.05) is 25.1 Å². The van der Waals surface area contributed by atoms with Crippen molar-refractivity contribution < 1.29 is 24.5 Å². The lowest BCUT2D eigenvalue weighted by Crippen LogP contribution is -2.28. The first-order chi connectivity index (χ1) is 15.9. The zero-order valence-electron chi connectivity index (χ0n) is 18.4. The molecule has 1 aliphatic rings. The molecule has 1 aliphatic heterocycles. The van der Waals surface area contributed by atoms with E-state index in [0.717, 1.165) is 16.9 Å². The summed E-state index contributed by atoms with van der Waals surface area (Å²) in [6.45, 7) is 4.72. The Morgan fingerprint density at radius 3 is 2.52 bits per heavy atom. The Balaban J connectivity index is 1.80. The van der Waals surface area contributed by atoms with Crippen LogP contribution in [0.1, 0.15) is 41.0 Å². The van der Waals surface area contributed by atoms with Crippen molar-refractivity contribution in [2.75, 3.05) is 6.61 Å². The van der Waals surface area contributed by atoms with Gasteiger partial charge in [0.25, 0.3) is 11.7 Å². The normalized spacial score (nSPS) is 17.5. The van der Waals surface area contributed by atoms with E-state index in [-0.39, 0.29) is 23.6 Å². The van der Waals surface area contributed by atoms with Gasteiger partial charge in [-0.3, -0.25) is 9.59 Å². The molecule has 33 heavy (non-hydrogen) atoms. The van der Waals surface area contributed by atoms with Crippen molar-refractivity contribution in [3.05, 3.63) is 87.1 Å². The minimum absolute atomic E-state index is 0.0314. The van der Waals surface area contributed by atoms with E-state index in [1.54, 1.807) is 30.3 Å². The SMILES string of the molecule is CCCOc1ccc(/C(O)=C2/C(=O)C(=O)N(Cc3cccs3)C2c2ccc(O)cc2)cc1C. The first-order valence-corrected chi connectivity index (χ1v) is 11.6. The van der Waals surface area contributed by atoms with Crippen LogP contribution in [0.5, 0.6) is 11.5 Å². The zero-order chi connectivity index (χ0) is 23.5. The molecule has 0 spiro atoms. The number of aromatic hydroxyl groups is 1. The Hall–Kier alpha value is -3.58. The number of amides is 1. The Labute approximate surface area is 196 Å². The molecule has 2 heterocycles. The summed E-state index contributed by atoms with van der Waals surface area (Å²) < 4.78 is 5.71. The average molecular weight is 464 g/mol. The number of aliphatic hydroxyl groups is 1. The van der Waals surface area contributed by atoms with Gasteiger partial charge in [-0.2, -0.15) is 0 Å². The lowest BCUT2D eigenvalue weighted by atomic mass is 9.94. The number of aliphatic hydroxyl groups excluding tert-OH is 1. The number of thiophene rings is 1. The van der Waals surface area contributed by atoms with E-state index in [1.165, 1.54) is 28.4 Å². The third-order valence-corrected chi connectivity index (χ3v) is 6.43. The van der Waals surface area contributed by atoms with Crippen LogP contribution in [-0.4, -0.2) is 33.4 Å². The van der Waals surface area contributed by atoms with Crippen molar-refractivity contribution >= 4 is 28.8 Å². The number of ether oxygens (including phenoxy) is 1. The summed E-state index contributed by atoms with van der Waals surface area (Å²) in [5.41, 5.74) is 1.92. The molecular formula is C26H25NO5S. The van der Waals surface area contributed by atoms with Crippen LogP contribution in [0.15, 0.2) is 65.6 Å². The molecule has 1 atom stereocenters. The average Bonchev–Trinajstić information content (AvgIpc) is 3.41. The number of Topliss-reactive ketones (excluding diaryl/α,β-unsaturated/α-hetero) is 1. The lowest BCUT2D eigenvalue weighted by molar-refractivity contribution is -0.140. The molecule has 2 N–H and O–H groups in total. The number of ketones is 1. The Kier molecular flexibility index (Phi) is 6.51. The number of hydrogen-bond acceptors (Lipinski definition) is 6. The smallest absolute Gasteiger partial charge is 0.295 e. The highest BCUT2D eigenvalue weighted by Crippen LogP contribution is 2.41. The second kappa shape index (κ2) is 9.50. The fraction of sp³-hybridized carbons (Fsp3) is 0.231. The molecule has 0 bridgehead atoms. The summed E-state index contributed by atoms with van der Waals surface area (Å²) in [4.78, 5) is 28.6. The van der Waals surface area contributed by atoms with Gasteiger partial charge in [0.05, 0.1) is 24.8 Å². The first kappa shape index (κ1) is 22.6. The van der Waals surface area contributed by atoms with Crippen molar-refractivity contribution in [2.45, 2.75) is 32.9 Å². The largest absolute Gasteiger partial charge is 0.508 e. The minimum Gasteiger partial charge on any atom is -0.508 e. The molecule has 7 heteroatoms. The number of rotatable bonds is 7. The van der Waals surface area contributed by atoms with Gasteiger partial charge in [-0.15, -0.1) is 11.3 Å². The maximum Gasteiger partial charge on any atom is 0.295 e. The highest BCUT2D eigenvalue weighted by molar-refractivity contribution is 7.09. The summed E-state index contributed by atoms with van der Waals surface area (Å²) in [7, 11) is 0. The summed E-state index contributed by atoms with van der Waals surface area (Å²) in [5, 5.41) is 22.9. The van der Waals surface area contributed by atoms with Gasteiger partial charge in [0, 0.05) is 10.4 Å². The standard InChI is InChI=1S/C26H25NO5S/c1-3-12-32-21-11-8-18(14-16(21)2)24(29)22-23(17-6-9-19(28)10-7-17)27(26(31)25(22)30)15-20-5-4-13-33-20/h4-11,13-14,23,28-29H,3,12,15H2,1-2H3/b24-22-. The van der Waals surface area contributed by atoms with Crippen LogP contribution in [0.3, 0.4) is 0 Å². The Morgan fingerprint density at radius 2 is 1.88 bits per heavy atom. The van der Waals surface area contributed by atoms with Crippen LogP contribution in [-0.2, 0) is 16.1 Å². The van der Waals surface area contributed by atoms with Crippen LogP contribution < -0.4 is 4.74 Å². The minimum atomic E-state index is -0.774. The van der Waals surface area contributed by atoms with Gasteiger partial charge < -0.3 is 19.8 Å². The fourth-order valence-electron chi connectivity index (χ4n) is 3.94. The van der Waals surface area contributed by atoms with Crippen LogP contribution in [0.2, 0.25) is 0 Å². The summed E-state index contributed by atoms with van der Waals surface area (Å²) >= 11 is 1.49. The van der Waals surface area contributed by atoms with E-state index >= 15 is 0 Å². The van der Waals surface area contributed by atoms with Gasteiger partial charge in [0.15, 0.2) is 0 Å². The van der Waals surface area contributed by atoms with Crippen LogP contribution in [0.4, 0.5) is 0 Å². The Morgan fingerprint density at radius 1 is 1.12 bits per heavy atom. The number of carbonyl (C=O) groups excluding carboxylic acids is 2. The van der Waals surface area contributed by atoms with E-state index in [9.17, 15) is 19.8 Å². The Bertz CT molecular complexity index is 1200. The molecule has 6 nitrogen and oxygen atoms in total. The summed E-state index contributed by atoms with van der Waals surface area (Å²) in [6, 6.07) is 14.5. The number of phenols is 1. The third-order valence-electron chi connectivity index (χ3n) is 5.57. The maximum atomic E-state index is 13.1. The van der Waals surface area contributed by atoms with Gasteiger partial charge in [0.2, 0.25) is 0 Å². The molecule has 2 aromatic carbocycles. The van der Waals surface area contributed by atoms with Gasteiger partial charge in [-0.05, 0) is 66.2 Å². The molecule has 3 aromatic rings. The summed E-state index contributed by atoms with van der Waals surface area (Å²) in [5.74, 6) is -0.840. The van der Waals surface area contributed by atoms with Crippen LogP contribution >= 0.6 is 11.3 Å². The van der Waals surface area contributed by atoms with E-state index in [4.69, 9.17) is 4.74 Å². The predicted molar refractivity (Wildman–Crippen MR) is 127 cm³/mol. The highest BCUT2D eigenvalue weighted by Gasteiger charge is 2.46. The van der Waals surface area contributed by atoms with E-state index in [2.05, 4.69) is 0 Å². The van der Waals surface area contributed by atoms with Crippen LogP contribution in [0, 0.1) is 6.92 Å². The molecule has 1 unspecified atom stereocenters. The molecule has 1 fully saturated rings. The molecule has 1 saturated heterocycles. The second-order valence-corrected chi connectivity index (χ2v) is 8.96. The van der Waals surface area contributed by atoms with E-state index < -0.39 is 17.7 Å². The predicted octanol–water partition coefficient (Wildman–Crippen LogP) is 5.17. The zero-order valence-corrected chi connectivity index (χ0v) is 19.3. The van der Waals surface area contributed by atoms with Crippen molar-refractivity contribution in [3.63, 3.8) is 0 Å². The molecule has 170 valence electrons. The third kappa shape index (κ3) is 4.50. The molecular weight excluding hydrogens is 438 g/mol. The van der Waals surface area contributed by atoms with Crippen molar-refractivity contribution in [2.24, 2.45) is 0 Å². The van der Waals surface area contributed by atoms with Gasteiger partial charge in [0.1, 0.15) is 17.3 Å². The molecule has 0 radical (unpaired) electrons. The monoisotopic (exact) mass is 463 g/mol. The van der Waals surface area contributed by atoms with Crippen molar-refractivity contribution in [1.29, 1.82) is 0 Å². The molecule has 0 saturated carbocycles. The highest BCUT2D eigenvalue weighted by atomic mass is 32.1. The topological polar surface area (TPSA) is 87.1 Å². The van der Waals surface area contributed by atoms with Crippen molar-refractivity contribution in [3.8, 4) is 11.5 Å². The number of hydrogen-bond donors (Lipinski definition) is 2. The van der Waals surface area contributed by atoms with Crippen LogP contribution in [0.25, 0.3) is 5.76 Å². The van der Waals surface area contributed by atoms with E-state index in [0.29, 0.717) is 23.5 Å². The summed E-state index contributed by atoms with van der Waals surface area (Å²) in [6.07, 6.45) is 0.876. The molecule has 1 amide bonds. The maximum absolute atomic E-state index is 13.1. The number of nitrogens with zero attached hydrogens (tertiary/aromatic N) is 1. The van der Waals surface area contributed by atoms with E-state index in [1.807, 2.05) is 31.4 Å².